The minimum absolute atomic E-state index is 0.122. The number of methoxy groups -OCH3 is 1. The molecule has 12 heavy (non-hydrogen) atoms. The van der Waals surface area contributed by atoms with Crippen LogP contribution in [0.15, 0.2) is 18.3 Å². The van der Waals surface area contributed by atoms with E-state index >= 15 is 0 Å². The maximum Gasteiger partial charge on any atom is 0.123 e. The first-order chi connectivity index (χ1) is 5.74. The molecule has 0 bridgehead atoms. The van der Waals surface area contributed by atoms with E-state index in [1.165, 1.54) is 0 Å². The van der Waals surface area contributed by atoms with Crippen LogP contribution >= 0.6 is 0 Å². The number of hydrogen-bond acceptors (Lipinski definition) is 4. The monoisotopic (exact) mass is 167 g/mol. The van der Waals surface area contributed by atoms with Gasteiger partial charge < -0.3 is 16.2 Å². The molecule has 0 aliphatic carbocycles. The zero-order chi connectivity index (χ0) is 8.97. The van der Waals surface area contributed by atoms with Gasteiger partial charge in [-0.2, -0.15) is 0 Å². The van der Waals surface area contributed by atoms with Crippen molar-refractivity contribution in [3.8, 4) is 0 Å². The van der Waals surface area contributed by atoms with Gasteiger partial charge in [-0.15, -0.1) is 0 Å². The molecule has 0 fully saturated rings. The lowest BCUT2D eigenvalue weighted by atomic mass is 10.1. The molecule has 4 N–H and O–H groups in total. The van der Waals surface area contributed by atoms with E-state index in [2.05, 4.69) is 4.98 Å². The van der Waals surface area contributed by atoms with Crippen LogP contribution in [0.3, 0.4) is 0 Å². The maximum atomic E-state index is 5.75. The molecule has 1 aromatic rings. The molecule has 66 valence electrons. The van der Waals surface area contributed by atoms with E-state index in [0.29, 0.717) is 12.4 Å². The second-order valence-corrected chi connectivity index (χ2v) is 2.58. The Morgan fingerprint density at radius 3 is 2.83 bits per heavy atom. The van der Waals surface area contributed by atoms with Crippen molar-refractivity contribution in [3.63, 3.8) is 0 Å². The molecule has 0 aliphatic heterocycles. The van der Waals surface area contributed by atoms with Gasteiger partial charge in [0, 0.05) is 13.3 Å². The van der Waals surface area contributed by atoms with E-state index in [1.807, 2.05) is 6.07 Å². The van der Waals surface area contributed by atoms with Crippen LogP contribution in [0.2, 0.25) is 0 Å². The lowest BCUT2D eigenvalue weighted by Gasteiger charge is -2.09. The van der Waals surface area contributed by atoms with Crippen molar-refractivity contribution in [2.45, 2.75) is 6.04 Å². The Morgan fingerprint density at radius 2 is 2.33 bits per heavy atom. The largest absolute Gasteiger partial charge is 0.384 e. The summed E-state index contributed by atoms with van der Waals surface area (Å²) in [4.78, 5) is 3.92. The van der Waals surface area contributed by atoms with E-state index < -0.39 is 0 Å². The highest BCUT2D eigenvalue weighted by atomic mass is 16.5. The van der Waals surface area contributed by atoms with Crippen molar-refractivity contribution >= 4 is 5.82 Å². The third-order valence-corrected chi connectivity index (χ3v) is 1.58. The average molecular weight is 167 g/mol. The molecule has 0 spiro atoms. The SMILES string of the molecule is COC[C@H](N)c1ccc(N)nc1. The summed E-state index contributed by atoms with van der Waals surface area (Å²) in [6, 6.07) is 3.46. The molecule has 0 amide bonds. The Hall–Kier alpha value is -1.13. The van der Waals surface area contributed by atoms with Gasteiger partial charge in [-0.1, -0.05) is 6.07 Å². The van der Waals surface area contributed by atoms with E-state index in [4.69, 9.17) is 16.2 Å². The van der Waals surface area contributed by atoms with Crippen LogP contribution in [0.1, 0.15) is 11.6 Å². The van der Waals surface area contributed by atoms with Gasteiger partial charge in [0.2, 0.25) is 0 Å². The highest BCUT2D eigenvalue weighted by Crippen LogP contribution is 2.09. The number of nitrogens with zero attached hydrogens (tertiary/aromatic N) is 1. The van der Waals surface area contributed by atoms with Crippen molar-refractivity contribution in [2.75, 3.05) is 19.5 Å². The third-order valence-electron chi connectivity index (χ3n) is 1.58. The summed E-state index contributed by atoms with van der Waals surface area (Å²) in [7, 11) is 1.62. The molecular formula is C8H13N3O. The maximum absolute atomic E-state index is 5.75. The van der Waals surface area contributed by atoms with Gasteiger partial charge >= 0.3 is 0 Å². The fourth-order valence-corrected chi connectivity index (χ4v) is 0.912. The predicted molar refractivity (Wildman–Crippen MR) is 47.5 cm³/mol. The molecule has 4 nitrogen and oxygen atoms in total. The Labute approximate surface area is 71.5 Å². The second-order valence-electron chi connectivity index (χ2n) is 2.58. The summed E-state index contributed by atoms with van der Waals surface area (Å²) in [6.07, 6.45) is 1.67. The van der Waals surface area contributed by atoms with Gasteiger partial charge in [0.25, 0.3) is 0 Å². The highest BCUT2D eigenvalue weighted by Gasteiger charge is 2.04. The van der Waals surface area contributed by atoms with E-state index in [0.717, 1.165) is 5.56 Å². The molecule has 0 saturated carbocycles. The topological polar surface area (TPSA) is 74.2 Å². The number of anilines is 1. The van der Waals surface area contributed by atoms with Gasteiger partial charge in [-0.3, -0.25) is 0 Å². The normalized spacial score (nSPS) is 12.8. The summed E-state index contributed by atoms with van der Waals surface area (Å²) >= 11 is 0. The van der Waals surface area contributed by atoms with Crippen LogP contribution in [0, 0.1) is 0 Å². The summed E-state index contributed by atoms with van der Waals surface area (Å²) in [5, 5.41) is 0. The van der Waals surface area contributed by atoms with E-state index in [9.17, 15) is 0 Å². The fraction of sp³-hybridized carbons (Fsp3) is 0.375. The molecule has 0 aromatic carbocycles. The minimum atomic E-state index is -0.122. The van der Waals surface area contributed by atoms with Crippen molar-refractivity contribution in [1.82, 2.24) is 4.98 Å². The Morgan fingerprint density at radius 1 is 1.58 bits per heavy atom. The number of rotatable bonds is 3. The molecule has 1 rings (SSSR count). The smallest absolute Gasteiger partial charge is 0.123 e. The van der Waals surface area contributed by atoms with Crippen LogP contribution < -0.4 is 11.5 Å². The molecule has 0 saturated heterocycles. The third kappa shape index (κ3) is 2.18. The Balaban J connectivity index is 2.68. The number of ether oxygens (including phenoxy) is 1. The Bertz CT molecular complexity index is 235. The van der Waals surface area contributed by atoms with Gasteiger partial charge in [-0.05, 0) is 11.6 Å². The van der Waals surface area contributed by atoms with Crippen LogP contribution in [0.4, 0.5) is 5.82 Å². The van der Waals surface area contributed by atoms with Crippen LogP contribution in [-0.4, -0.2) is 18.7 Å². The summed E-state index contributed by atoms with van der Waals surface area (Å²) in [5.41, 5.74) is 12.1. The Kier molecular flexibility index (Phi) is 3.01. The van der Waals surface area contributed by atoms with Crippen molar-refractivity contribution < 1.29 is 4.74 Å². The van der Waals surface area contributed by atoms with Crippen molar-refractivity contribution in [1.29, 1.82) is 0 Å². The predicted octanol–water partition coefficient (Wildman–Crippen LogP) is 0.310. The second kappa shape index (κ2) is 4.04. The number of nitrogen functional groups attached to an aromatic ring is 1. The van der Waals surface area contributed by atoms with Gasteiger partial charge in [-0.25, -0.2) is 4.98 Å². The summed E-state index contributed by atoms with van der Waals surface area (Å²) in [5.74, 6) is 0.503. The molecule has 1 heterocycles. The number of hydrogen-bond donors (Lipinski definition) is 2. The van der Waals surface area contributed by atoms with E-state index in [1.54, 1.807) is 19.4 Å². The van der Waals surface area contributed by atoms with E-state index in [-0.39, 0.29) is 6.04 Å². The first-order valence-corrected chi connectivity index (χ1v) is 3.70. The molecule has 1 atom stereocenters. The zero-order valence-corrected chi connectivity index (χ0v) is 7.03. The highest BCUT2D eigenvalue weighted by molar-refractivity contribution is 5.30. The van der Waals surface area contributed by atoms with Crippen molar-refractivity contribution in [2.24, 2.45) is 5.73 Å². The van der Waals surface area contributed by atoms with Crippen LogP contribution in [0.5, 0.6) is 0 Å². The van der Waals surface area contributed by atoms with Gasteiger partial charge in [0.1, 0.15) is 5.82 Å². The number of pyridine rings is 1. The summed E-state index contributed by atoms with van der Waals surface area (Å²) < 4.78 is 4.90. The average Bonchev–Trinajstić information content (AvgIpc) is 2.06. The minimum Gasteiger partial charge on any atom is -0.384 e. The molecule has 0 radical (unpaired) electrons. The molecule has 4 heteroatoms. The number of aromatic nitrogens is 1. The molecular weight excluding hydrogens is 154 g/mol. The van der Waals surface area contributed by atoms with Crippen LogP contribution in [-0.2, 0) is 4.74 Å². The molecule has 0 unspecified atom stereocenters. The van der Waals surface area contributed by atoms with Gasteiger partial charge in [0.15, 0.2) is 0 Å². The lowest BCUT2D eigenvalue weighted by molar-refractivity contribution is 0.181. The fourth-order valence-electron chi connectivity index (χ4n) is 0.912. The van der Waals surface area contributed by atoms with Crippen molar-refractivity contribution in [3.05, 3.63) is 23.9 Å². The van der Waals surface area contributed by atoms with Crippen LogP contribution in [0.25, 0.3) is 0 Å². The standard InChI is InChI=1S/C8H13N3O/c1-12-5-7(9)6-2-3-8(10)11-4-6/h2-4,7H,5,9H2,1H3,(H2,10,11)/t7-/m0/s1. The van der Waals surface area contributed by atoms with Gasteiger partial charge in [0.05, 0.1) is 12.6 Å². The number of nitrogens with two attached hydrogens (primary N) is 2. The first kappa shape index (κ1) is 8.96. The molecule has 0 aliphatic rings. The first-order valence-electron chi connectivity index (χ1n) is 3.70. The zero-order valence-electron chi connectivity index (χ0n) is 7.03. The quantitative estimate of drug-likeness (QED) is 0.679. The molecule has 1 aromatic heterocycles. The summed E-state index contributed by atoms with van der Waals surface area (Å²) in [6.45, 7) is 0.492. The lowest BCUT2D eigenvalue weighted by Crippen LogP contribution is -2.16.